The molecule has 3 rings (SSSR count). The molecule has 0 fully saturated rings. The van der Waals surface area contributed by atoms with Crippen LogP contribution in [0.3, 0.4) is 0 Å². The number of hydrogen-bond donors (Lipinski definition) is 2. The van der Waals surface area contributed by atoms with Gasteiger partial charge >= 0.3 is 0 Å². The normalized spacial score (nSPS) is 10.9. The number of benzene rings is 1. The number of nitrogens with zero attached hydrogens (tertiary/aromatic N) is 1. The molecule has 2 heterocycles. The molecule has 3 nitrogen and oxygen atoms in total. The third-order valence-electron chi connectivity index (χ3n) is 2.59. The molecule has 0 amide bonds. The number of anilines is 1. The van der Waals surface area contributed by atoms with Crippen LogP contribution in [0, 0.1) is 0 Å². The van der Waals surface area contributed by atoms with Gasteiger partial charge in [0.25, 0.3) is 0 Å². The fourth-order valence-electron chi connectivity index (χ4n) is 1.76. The number of thiophene rings is 1. The third-order valence-corrected chi connectivity index (χ3v) is 4.14. The van der Waals surface area contributed by atoms with Crippen LogP contribution in [0.4, 0.5) is 5.69 Å². The lowest BCUT2D eigenvalue weighted by molar-refractivity contribution is 1.12. The SMILES string of the molecule is Brc1cc(CNc2cccc3[nH]ncc23)cs1. The lowest BCUT2D eigenvalue weighted by Gasteiger charge is -2.05. The van der Waals surface area contributed by atoms with Crippen LogP contribution in [0.1, 0.15) is 5.56 Å². The second kappa shape index (κ2) is 4.50. The summed E-state index contributed by atoms with van der Waals surface area (Å²) in [6.07, 6.45) is 1.85. The van der Waals surface area contributed by atoms with Gasteiger partial charge in [-0.15, -0.1) is 11.3 Å². The fourth-order valence-corrected chi connectivity index (χ4v) is 2.97. The van der Waals surface area contributed by atoms with Crippen molar-refractivity contribution >= 4 is 43.9 Å². The van der Waals surface area contributed by atoms with Crippen molar-refractivity contribution in [3.63, 3.8) is 0 Å². The first kappa shape index (κ1) is 10.8. The molecule has 3 aromatic rings. The molecule has 0 spiro atoms. The van der Waals surface area contributed by atoms with E-state index >= 15 is 0 Å². The molecule has 2 aromatic heterocycles. The van der Waals surface area contributed by atoms with Crippen LogP contribution < -0.4 is 5.32 Å². The molecule has 0 unspecified atom stereocenters. The zero-order valence-corrected chi connectivity index (χ0v) is 11.3. The fraction of sp³-hybridized carbons (Fsp3) is 0.0833. The summed E-state index contributed by atoms with van der Waals surface area (Å²) in [4.78, 5) is 0. The zero-order valence-electron chi connectivity index (χ0n) is 8.90. The van der Waals surface area contributed by atoms with Crippen molar-refractivity contribution in [2.75, 3.05) is 5.32 Å². The van der Waals surface area contributed by atoms with Crippen molar-refractivity contribution < 1.29 is 0 Å². The van der Waals surface area contributed by atoms with Crippen LogP contribution in [0.5, 0.6) is 0 Å². The van der Waals surface area contributed by atoms with Crippen LogP contribution in [0.25, 0.3) is 10.9 Å². The van der Waals surface area contributed by atoms with E-state index < -0.39 is 0 Å². The van der Waals surface area contributed by atoms with E-state index in [1.54, 1.807) is 11.3 Å². The molecule has 0 saturated heterocycles. The second-order valence-corrected chi connectivity index (χ2v) is 6.04. The lowest BCUT2D eigenvalue weighted by Crippen LogP contribution is -1.97. The van der Waals surface area contributed by atoms with Gasteiger partial charge in [0.1, 0.15) is 0 Å². The van der Waals surface area contributed by atoms with Gasteiger partial charge in [-0.05, 0) is 45.1 Å². The van der Waals surface area contributed by atoms with E-state index in [1.807, 2.05) is 18.3 Å². The first-order chi connectivity index (χ1) is 8.33. The van der Waals surface area contributed by atoms with Gasteiger partial charge in [-0.2, -0.15) is 5.10 Å². The maximum absolute atomic E-state index is 4.05. The van der Waals surface area contributed by atoms with E-state index in [1.165, 1.54) is 5.56 Å². The molecular weight excluding hydrogens is 298 g/mol. The summed E-state index contributed by atoms with van der Waals surface area (Å²) < 4.78 is 1.16. The predicted octanol–water partition coefficient (Wildman–Crippen LogP) is 4.00. The molecule has 0 aliphatic rings. The van der Waals surface area contributed by atoms with Crippen molar-refractivity contribution in [2.24, 2.45) is 0 Å². The Balaban J connectivity index is 1.83. The van der Waals surface area contributed by atoms with Crippen LogP contribution >= 0.6 is 27.3 Å². The van der Waals surface area contributed by atoms with Gasteiger partial charge in [0.15, 0.2) is 0 Å². The van der Waals surface area contributed by atoms with Crippen LogP contribution in [0.2, 0.25) is 0 Å². The highest BCUT2D eigenvalue weighted by Gasteiger charge is 2.02. The van der Waals surface area contributed by atoms with Gasteiger partial charge in [0.05, 0.1) is 15.5 Å². The molecule has 0 radical (unpaired) electrons. The quantitative estimate of drug-likeness (QED) is 0.768. The van der Waals surface area contributed by atoms with Gasteiger partial charge in [-0.3, -0.25) is 5.10 Å². The molecule has 0 saturated carbocycles. The van der Waals surface area contributed by atoms with E-state index in [2.05, 4.69) is 49.0 Å². The monoisotopic (exact) mass is 307 g/mol. The zero-order chi connectivity index (χ0) is 11.7. The van der Waals surface area contributed by atoms with Crippen LogP contribution in [-0.4, -0.2) is 10.2 Å². The molecule has 86 valence electrons. The Morgan fingerprint density at radius 3 is 3.18 bits per heavy atom. The maximum Gasteiger partial charge on any atom is 0.0701 e. The Bertz CT molecular complexity index is 644. The number of hydrogen-bond acceptors (Lipinski definition) is 3. The number of aromatic amines is 1. The minimum absolute atomic E-state index is 0.826. The van der Waals surface area contributed by atoms with Crippen molar-refractivity contribution in [3.8, 4) is 0 Å². The highest BCUT2D eigenvalue weighted by atomic mass is 79.9. The van der Waals surface area contributed by atoms with Gasteiger partial charge in [0.2, 0.25) is 0 Å². The largest absolute Gasteiger partial charge is 0.380 e. The summed E-state index contributed by atoms with van der Waals surface area (Å²) >= 11 is 5.17. The Morgan fingerprint density at radius 2 is 2.35 bits per heavy atom. The van der Waals surface area contributed by atoms with E-state index in [9.17, 15) is 0 Å². The van der Waals surface area contributed by atoms with Gasteiger partial charge in [-0.1, -0.05) is 6.07 Å². The Labute approximate surface area is 111 Å². The van der Waals surface area contributed by atoms with Crippen molar-refractivity contribution in [1.82, 2.24) is 10.2 Å². The Kier molecular flexibility index (Phi) is 2.86. The Hall–Kier alpha value is -1.33. The maximum atomic E-state index is 4.05. The molecule has 17 heavy (non-hydrogen) atoms. The number of nitrogens with one attached hydrogen (secondary N) is 2. The highest BCUT2D eigenvalue weighted by molar-refractivity contribution is 9.11. The number of fused-ring (bicyclic) bond motifs is 1. The van der Waals surface area contributed by atoms with Gasteiger partial charge < -0.3 is 5.32 Å². The average Bonchev–Trinajstić information content (AvgIpc) is 2.94. The summed E-state index contributed by atoms with van der Waals surface area (Å²) in [5.74, 6) is 0. The standard InChI is InChI=1S/C12H10BrN3S/c13-12-4-8(7-17-12)5-14-10-2-1-3-11-9(10)6-15-16-11/h1-4,6-7,14H,5H2,(H,15,16). The minimum atomic E-state index is 0.826. The third kappa shape index (κ3) is 2.21. The van der Waals surface area contributed by atoms with E-state index in [4.69, 9.17) is 0 Å². The minimum Gasteiger partial charge on any atom is -0.380 e. The lowest BCUT2D eigenvalue weighted by atomic mass is 10.2. The molecule has 0 bridgehead atoms. The number of halogens is 1. The highest BCUT2D eigenvalue weighted by Crippen LogP contribution is 2.24. The summed E-state index contributed by atoms with van der Waals surface area (Å²) in [6.45, 7) is 0.826. The smallest absolute Gasteiger partial charge is 0.0701 e. The molecule has 2 N–H and O–H groups in total. The molecule has 0 atom stereocenters. The van der Waals surface area contributed by atoms with E-state index in [-0.39, 0.29) is 0 Å². The summed E-state index contributed by atoms with van der Waals surface area (Å²) in [7, 11) is 0. The topological polar surface area (TPSA) is 40.7 Å². The molecule has 5 heteroatoms. The summed E-state index contributed by atoms with van der Waals surface area (Å²) in [5, 5.41) is 13.7. The Morgan fingerprint density at radius 1 is 1.41 bits per heavy atom. The van der Waals surface area contributed by atoms with Crippen molar-refractivity contribution in [1.29, 1.82) is 0 Å². The number of H-pyrrole nitrogens is 1. The van der Waals surface area contributed by atoms with E-state index in [0.29, 0.717) is 0 Å². The molecule has 0 aliphatic heterocycles. The van der Waals surface area contributed by atoms with Crippen LogP contribution in [0.15, 0.2) is 39.6 Å². The number of aromatic nitrogens is 2. The first-order valence-electron chi connectivity index (χ1n) is 5.22. The first-order valence-corrected chi connectivity index (χ1v) is 6.89. The van der Waals surface area contributed by atoms with Crippen LogP contribution in [-0.2, 0) is 6.54 Å². The molecular formula is C12H10BrN3S. The summed E-state index contributed by atoms with van der Waals surface area (Å²) in [6, 6.07) is 8.24. The van der Waals surface area contributed by atoms with Gasteiger partial charge in [0, 0.05) is 17.6 Å². The average molecular weight is 308 g/mol. The molecule has 1 aromatic carbocycles. The van der Waals surface area contributed by atoms with Crippen molar-refractivity contribution in [2.45, 2.75) is 6.54 Å². The number of rotatable bonds is 3. The predicted molar refractivity (Wildman–Crippen MR) is 75.4 cm³/mol. The second-order valence-electron chi connectivity index (χ2n) is 3.75. The van der Waals surface area contributed by atoms with Crippen molar-refractivity contribution in [3.05, 3.63) is 45.2 Å². The van der Waals surface area contributed by atoms with E-state index in [0.717, 1.165) is 26.9 Å². The molecule has 0 aliphatic carbocycles. The summed E-state index contributed by atoms with van der Waals surface area (Å²) in [5.41, 5.74) is 3.45. The van der Waals surface area contributed by atoms with Gasteiger partial charge in [-0.25, -0.2) is 0 Å².